The molecule has 39 heavy (non-hydrogen) atoms. The van der Waals surface area contributed by atoms with Crippen LogP contribution in [0.4, 0.5) is 0 Å². The van der Waals surface area contributed by atoms with Gasteiger partial charge in [0.15, 0.2) is 17.6 Å². The molecule has 2 N–H and O–H groups in total. The molecule has 5 heteroatoms. The normalized spacial score (nSPS) is 28.1. The second-order valence-electron chi connectivity index (χ2n) is 11.9. The Balaban J connectivity index is 1.40. The summed E-state index contributed by atoms with van der Waals surface area (Å²) in [5, 5.41) is 24.1. The van der Waals surface area contributed by atoms with Crippen LogP contribution in [0.15, 0.2) is 79.0 Å². The second-order valence-corrected chi connectivity index (χ2v) is 11.9. The number of hydrogen-bond acceptors (Lipinski definition) is 4. The predicted molar refractivity (Wildman–Crippen MR) is 151 cm³/mol. The number of likely N-dealkylation sites (tertiary alicyclic amines) is 1. The van der Waals surface area contributed by atoms with Gasteiger partial charge in [-0.1, -0.05) is 73.7 Å². The first kappa shape index (κ1) is 23.4. The summed E-state index contributed by atoms with van der Waals surface area (Å²) < 4.78 is 9.23. The van der Waals surface area contributed by atoms with Crippen molar-refractivity contribution in [2.24, 2.45) is 0 Å². The molecule has 1 spiro atoms. The molecule has 4 aromatic rings. The molecule has 1 fully saturated rings. The number of aromatic nitrogens is 1. The van der Waals surface area contributed by atoms with Crippen molar-refractivity contribution in [1.29, 1.82) is 0 Å². The van der Waals surface area contributed by atoms with Gasteiger partial charge in [-0.3, -0.25) is 4.90 Å². The largest absolute Gasteiger partial charge is 0.504 e. The van der Waals surface area contributed by atoms with Crippen molar-refractivity contribution in [3.05, 3.63) is 107 Å². The maximum Gasteiger partial charge on any atom is 0.166 e. The zero-order chi connectivity index (χ0) is 26.4. The number of ether oxygens (including phenoxy) is 1. The number of rotatable bonds is 5. The van der Waals surface area contributed by atoms with E-state index in [0.717, 1.165) is 55.7 Å². The number of aromatic hydroxyl groups is 1. The summed E-state index contributed by atoms with van der Waals surface area (Å²) in [7, 11) is 0. The van der Waals surface area contributed by atoms with Crippen LogP contribution in [0.3, 0.4) is 0 Å². The average Bonchev–Trinajstić information content (AvgIpc) is 3.48. The molecule has 5 nitrogen and oxygen atoms in total. The van der Waals surface area contributed by atoms with Gasteiger partial charge in [-0.2, -0.15) is 0 Å². The Bertz CT molecular complexity index is 1580. The molecule has 3 heterocycles. The van der Waals surface area contributed by atoms with E-state index in [-0.39, 0.29) is 17.9 Å². The highest BCUT2D eigenvalue weighted by molar-refractivity contribution is 5.73. The molecule has 2 aliphatic carbocycles. The fourth-order valence-corrected chi connectivity index (χ4v) is 8.51. The third-order valence-corrected chi connectivity index (χ3v) is 10.0. The highest BCUT2D eigenvalue weighted by Gasteiger charge is 2.73. The summed E-state index contributed by atoms with van der Waals surface area (Å²) >= 11 is 0. The van der Waals surface area contributed by atoms with Crippen LogP contribution in [0.5, 0.6) is 11.5 Å². The Labute approximate surface area is 229 Å². The first-order valence-electron chi connectivity index (χ1n) is 14.3. The van der Waals surface area contributed by atoms with Gasteiger partial charge < -0.3 is 19.5 Å². The molecule has 0 radical (unpaired) electrons. The highest BCUT2D eigenvalue weighted by Crippen LogP contribution is 2.69. The van der Waals surface area contributed by atoms with Crippen LogP contribution < -0.4 is 4.74 Å². The zero-order valence-corrected chi connectivity index (χ0v) is 22.3. The molecule has 2 bridgehead atoms. The van der Waals surface area contributed by atoms with Crippen molar-refractivity contribution < 1.29 is 14.9 Å². The Kier molecular flexibility index (Phi) is 4.93. The molecular weight excluding hydrogens is 484 g/mol. The first-order valence-corrected chi connectivity index (χ1v) is 14.3. The summed E-state index contributed by atoms with van der Waals surface area (Å²) in [5.41, 5.74) is 6.57. The van der Waals surface area contributed by atoms with Gasteiger partial charge in [-0.25, -0.2) is 0 Å². The van der Waals surface area contributed by atoms with Crippen LogP contribution in [0.1, 0.15) is 53.8 Å². The van der Waals surface area contributed by atoms with Crippen LogP contribution in [-0.4, -0.2) is 44.4 Å². The number of piperidine rings is 1. The van der Waals surface area contributed by atoms with Crippen LogP contribution >= 0.6 is 0 Å². The quantitative estimate of drug-likeness (QED) is 0.361. The molecule has 3 aromatic carbocycles. The third-order valence-electron chi connectivity index (χ3n) is 10.0. The summed E-state index contributed by atoms with van der Waals surface area (Å²) in [4.78, 5) is 2.52. The van der Waals surface area contributed by atoms with E-state index in [2.05, 4.69) is 89.3 Å². The summed E-state index contributed by atoms with van der Waals surface area (Å²) in [6.45, 7) is 4.85. The minimum atomic E-state index is -0.993. The van der Waals surface area contributed by atoms with E-state index in [0.29, 0.717) is 12.2 Å². The molecule has 1 saturated heterocycles. The number of phenols is 1. The van der Waals surface area contributed by atoms with Gasteiger partial charge in [0.05, 0.1) is 16.7 Å². The van der Waals surface area contributed by atoms with E-state index in [9.17, 15) is 10.2 Å². The van der Waals surface area contributed by atoms with Gasteiger partial charge in [0.25, 0.3) is 0 Å². The van der Waals surface area contributed by atoms with E-state index in [1.54, 1.807) is 6.07 Å². The van der Waals surface area contributed by atoms with Crippen molar-refractivity contribution in [2.75, 3.05) is 13.1 Å². The maximum absolute atomic E-state index is 13.1. The van der Waals surface area contributed by atoms with Crippen LogP contribution in [0.25, 0.3) is 11.1 Å². The van der Waals surface area contributed by atoms with Crippen LogP contribution in [0.2, 0.25) is 0 Å². The molecule has 2 aliphatic heterocycles. The number of aliphatic hydroxyl groups is 1. The SMILES string of the molecule is CCCN1CC[C@]23c4c5ccc(O)c4O[C@H]2c2c(c(-c4ccccc4)cn2Cc2ccccc2)C[C@@]3(O)[C@H]1C5. The fourth-order valence-electron chi connectivity index (χ4n) is 8.51. The van der Waals surface area contributed by atoms with Crippen molar-refractivity contribution >= 4 is 0 Å². The molecule has 4 aliphatic rings. The number of benzene rings is 3. The van der Waals surface area contributed by atoms with Gasteiger partial charge >= 0.3 is 0 Å². The lowest BCUT2D eigenvalue weighted by molar-refractivity contribution is -0.173. The number of fused-ring (bicyclic) bond motifs is 2. The van der Waals surface area contributed by atoms with Crippen molar-refractivity contribution in [2.45, 2.75) is 62.3 Å². The second kappa shape index (κ2) is 8.23. The van der Waals surface area contributed by atoms with E-state index in [1.165, 1.54) is 22.3 Å². The predicted octanol–water partition coefficient (Wildman–Crippen LogP) is 5.61. The average molecular weight is 519 g/mol. The van der Waals surface area contributed by atoms with E-state index < -0.39 is 11.0 Å². The van der Waals surface area contributed by atoms with Gasteiger partial charge in [-0.05, 0) is 60.7 Å². The standard InChI is InChI=1S/C34H34N2O3/c1-2-16-35-17-15-33-29-24-13-14-27(37)31(29)39-32(33)30-25(19-34(33,38)28(35)18-24)26(23-11-7-4-8-12-23)21-36(30)20-22-9-5-3-6-10-22/h3-14,21,28,32,37-38H,2,15-20H2,1H3/t28-,32+,33+,34-/m1/s1. The van der Waals surface area contributed by atoms with Crippen LogP contribution in [-0.2, 0) is 24.8 Å². The lowest BCUT2D eigenvalue weighted by Crippen LogP contribution is -2.74. The number of nitrogens with zero attached hydrogens (tertiary/aromatic N) is 2. The Morgan fingerprint density at radius 1 is 1.00 bits per heavy atom. The van der Waals surface area contributed by atoms with Gasteiger partial charge in [0, 0.05) is 36.3 Å². The zero-order valence-electron chi connectivity index (χ0n) is 22.3. The number of phenolic OH excluding ortho intramolecular Hbond substituents is 1. The monoisotopic (exact) mass is 518 g/mol. The highest BCUT2D eigenvalue weighted by atomic mass is 16.5. The third kappa shape index (κ3) is 2.98. The topological polar surface area (TPSA) is 57.9 Å². The van der Waals surface area contributed by atoms with Crippen molar-refractivity contribution in [1.82, 2.24) is 9.47 Å². The Morgan fingerprint density at radius 2 is 1.77 bits per heavy atom. The molecular formula is C34H34N2O3. The van der Waals surface area contributed by atoms with Gasteiger partial charge in [0.2, 0.25) is 0 Å². The van der Waals surface area contributed by atoms with E-state index in [1.807, 2.05) is 0 Å². The van der Waals surface area contributed by atoms with Crippen molar-refractivity contribution in [3.63, 3.8) is 0 Å². The first-order chi connectivity index (χ1) is 19.0. The molecule has 4 atom stereocenters. The minimum absolute atomic E-state index is 0.00883. The number of hydrogen-bond donors (Lipinski definition) is 2. The lowest BCUT2D eigenvalue weighted by atomic mass is 9.49. The molecule has 0 unspecified atom stereocenters. The lowest BCUT2D eigenvalue weighted by Gasteiger charge is -2.63. The fraction of sp³-hybridized carbons (Fsp3) is 0.353. The minimum Gasteiger partial charge on any atom is -0.504 e. The smallest absolute Gasteiger partial charge is 0.166 e. The van der Waals surface area contributed by atoms with Crippen molar-refractivity contribution in [3.8, 4) is 22.6 Å². The van der Waals surface area contributed by atoms with E-state index >= 15 is 0 Å². The molecule has 0 saturated carbocycles. The maximum atomic E-state index is 13.1. The molecule has 198 valence electrons. The summed E-state index contributed by atoms with van der Waals surface area (Å²) in [6, 6.07) is 25.0. The van der Waals surface area contributed by atoms with E-state index in [4.69, 9.17) is 4.74 Å². The molecule has 1 aromatic heterocycles. The van der Waals surface area contributed by atoms with Crippen LogP contribution in [0, 0.1) is 0 Å². The van der Waals surface area contributed by atoms with Gasteiger partial charge in [-0.15, -0.1) is 0 Å². The molecule has 0 amide bonds. The van der Waals surface area contributed by atoms with Gasteiger partial charge in [0.1, 0.15) is 0 Å². The Hall–Kier alpha value is -3.54. The summed E-state index contributed by atoms with van der Waals surface area (Å²) in [5.74, 6) is 0.764. The Morgan fingerprint density at radius 3 is 2.54 bits per heavy atom. The molecule has 8 rings (SSSR count). The summed E-state index contributed by atoms with van der Waals surface area (Å²) in [6.07, 6.45) is 5.13.